The molecule has 2 aliphatic rings. The summed E-state index contributed by atoms with van der Waals surface area (Å²) in [4.78, 5) is 11.4. The van der Waals surface area contributed by atoms with Gasteiger partial charge in [0, 0.05) is 37.4 Å². The molecular formula is C30H39ClN6O2. The quantitative estimate of drug-likeness (QED) is 0.249. The summed E-state index contributed by atoms with van der Waals surface area (Å²) in [6.45, 7) is 5.40. The van der Waals surface area contributed by atoms with Gasteiger partial charge in [0.15, 0.2) is 5.82 Å². The molecule has 3 aromatic rings. The first-order valence-corrected chi connectivity index (χ1v) is 14.4. The maximum atomic E-state index is 6.51. The number of anilines is 4. The fraction of sp³-hybridized carbons (Fsp3) is 0.467. The van der Waals surface area contributed by atoms with Crippen LogP contribution in [-0.2, 0) is 6.54 Å². The van der Waals surface area contributed by atoms with Gasteiger partial charge in [0.2, 0.25) is 5.95 Å². The minimum absolute atomic E-state index is 0.221. The summed E-state index contributed by atoms with van der Waals surface area (Å²) in [5, 5.41) is 10.9. The highest BCUT2D eigenvalue weighted by Crippen LogP contribution is 2.34. The topological polar surface area (TPSA) is 83.6 Å². The second kappa shape index (κ2) is 13.3. The fourth-order valence-corrected chi connectivity index (χ4v) is 5.33. The minimum Gasteiger partial charge on any atom is -0.492 e. The highest BCUT2D eigenvalue weighted by molar-refractivity contribution is 6.32. The van der Waals surface area contributed by atoms with E-state index >= 15 is 0 Å². The van der Waals surface area contributed by atoms with E-state index in [4.69, 9.17) is 21.1 Å². The second-order valence-corrected chi connectivity index (χ2v) is 10.8. The Morgan fingerprint density at radius 1 is 1.00 bits per heavy atom. The number of piperidine rings is 1. The molecule has 0 radical (unpaired) electrons. The van der Waals surface area contributed by atoms with Crippen molar-refractivity contribution in [2.24, 2.45) is 0 Å². The lowest BCUT2D eigenvalue weighted by atomic mass is 10.1. The lowest BCUT2D eigenvalue weighted by Gasteiger charge is -2.29. The van der Waals surface area contributed by atoms with Gasteiger partial charge in [-0.3, -0.25) is 0 Å². The van der Waals surface area contributed by atoms with Gasteiger partial charge in [0.05, 0.1) is 18.5 Å². The van der Waals surface area contributed by atoms with Gasteiger partial charge in [-0.05, 0) is 63.4 Å². The number of halogens is 1. The van der Waals surface area contributed by atoms with Gasteiger partial charge in [-0.2, -0.15) is 4.98 Å². The van der Waals surface area contributed by atoms with Gasteiger partial charge in [-0.25, -0.2) is 4.98 Å². The van der Waals surface area contributed by atoms with Crippen LogP contribution >= 0.6 is 11.6 Å². The Kier molecular flexibility index (Phi) is 9.40. The van der Waals surface area contributed by atoms with E-state index in [1.54, 1.807) is 6.20 Å². The van der Waals surface area contributed by atoms with Crippen molar-refractivity contribution in [2.75, 3.05) is 37.4 Å². The molecule has 2 fully saturated rings. The summed E-state index contributed by atoms with van der Waals surface area (Å²) >= 11 is 6.51. The molecule has 0 amide bonds. The smallest absolute Gasteiger partial charge is 0.229 e. The molecule has 0 bridgehead atoms. The van der Waals surface area contributed by atoms with E-state index in [9.17, 15) is 0 Å². The van der Waals surface area contributed by atoms with Crippen LogP contribution in [-0.4, -0.2) is 53.8 Å². The van der Waals surface area contributed by atoms with Crippen molar-refractivity contribution in [2.45, 2.75) is 64.1 Å². The summed E-state index contributed by atoms with van der Waals surface area (Å²) in [7, 11) is 2.15. The molecule has 2 heterocycles. The van der Waals surface area contributed by atoms with Crippen molar-refractivity contribution >= 4 is 34.7 Å². The first kappa shape index (κ1) is 27.5. The Balaban J connectivity index is 1.28. The van der Waals surface area contributed by atoms with E-state index in [2.05, 4.69) is 50.0 Å². The molecule has 1 aliphatic carbocycles. The third-order valence-electron chi connectivity index (χ3n) is 7.42. The van der Waals surface area contributed by atoms with Gasteiger partial charge in [0.1, 0.15) is 22.6 Å². The maximum Gasteiger partial charge on any atom is 0.229 e. The predicted molar refractivity (Wildman–Crippen MR) is 158 cm³/mol. The van der Waals surface area contributed by atoms with Gasteiger partial charge < -0.3 is 30.3 Å². The highest BCUT2D eigenvalue weighted by atomic mass is 35.5. The van der Waals surface area contributed by atoms with Crippen molar-refractivity contribution in [1.29, 1.82) is 0 Å². The van der Waals surface area contributed by atoms with Crippen LogP contribution in [0.3, 0.4) is 0 Å². The molecule has 3 N–H and O–H groups in total. The van der Waals surface area contributed by atoms with Crippen LogP contribution in [0.25, 0.3) is 0 Å². The number of hydrogen-bond acceptors (Lipinski definition) is 8. The van der Waals surface area contributed by atoms with Crippen molar-refractivity contribution in [3.63, 3.8) is 0 Å². The molecule has 1 saturated carbocycles. The lowest BCUT2D eigenvalue weighted by molar-refractivity contribution is 0.114. The van der Waals surface area contributed by atoms with E-state index in [1.807, 2.05) is 37.3 Å². The summed E-state index contributed by atoms with van der Waals surface area (Å²) in [6, 6.07) is 14.7. The number of likely N-dealkylation sites (tertiary alicyclic amines) is 1. The lowest BCUT2D eigenvalue weighted by Crippen LogP contribution is -2.35. The van der Waals surface area contributed by atoms with Crippen LogP contribution in [0.5, 0.6) is 11.5 Å². The molecule has 208 valence electrons. The van der Waals surface area contributed by atoms with Crippen LogP contribution in [0, 0.1) is 0 Å². The molecule has 1 saturated heterocycles. The van der Waals surface area contributed by atoms with Crippen LogP contribution in [0.4, 0.5) is 23.1 Å². The van der Waals surface area contributed by atoms with Crippen molar-refractivity contribution in [3.05, 3.63) is 59.2 Å². The Labute approximate surface area is 236 Å². The second-order valence-electron chi connectivity index (χ2n) is 10.4. The molecular weight excluding hydrogens is 512 g/mol. The summed E-state index contributed by atoms with van der Waals surface area (Å²) < 4.78 is 12.2. The number of nitrogens with zero attached hydrogens (tertiary/aromatic N) is 3. The first-order valence-electron chi connectivity index (χ1n) is 14.1. The standard InChI is InChI=1S/C30H39ClN6O2/c1-3-38-28-18-24(39-23-14-16-37(2)17-15-23)12-13-27(28)35-30-33-20-25(31)29(36-30)34-26-11-7-4-8-21(26)19-32-22-9-5-6-10-22/h4,7-8,11-13,18,20,22-23,32H,3,5-6,9-10,14-17,19H2,1-2H3,(H2,33,34,35,36). The zero-order valence-corrected chi connectivity index (χ0v) is 23.6. The normalized spacial score (nSPS) is 16.8. The summed E-state index contributed by atoms with van der Waals surface area (Å²) in [6.07, 6.45) is 8.99. The third-order valence-corrected chi connectivity index (χ3v) is 7.70. The Morgan fingerprint density at radius 2 is 1.79 bits per heavy atom. The van der Waals surface area contributed by atoms with Crippen molar-refractivity contribution in [3.8, 4) is 11.5 Å². The fourth-order valence-electron chi connectivity index (χ4n) is 5.19. The molecule has 0 atom stereocenters. The Morgan fingerprint density at radius 3 is 2.59 bits per heavy atom. The Bertz CT molecular complexity index is 1230. The molecule has 0 unspecified atom stereocenters. The van der Waals surface area contributed by atoms with Crippen LogP contribution in [0.1, 0.15) is 51.0 Å². The van der Waals surface area contributed by atoms with E-state index in [0.717, 1.165) is 49.6 Å². The zero-order chi connectivity index (χ0) is 27.0. The van der Waals surface area contributed by atoms with Gasteiger partial charge >= 0.3 is 0 Å². The average molecular weight is 551 g/mol. The zero-order valence-electron chi connectivity index (χ0n) is 22.9. The van der Waals surface area contributed by atoms with Crippen LogP contribution in [0.15, 0.2) is 48.7 Å². The third kappa shape index (κ3) is 7.53. The van der Waals surface area contributed by atoms with Gasteiger partial charge in [-0.15, -0.1) is 0 Å². The number of nitrogens with one attached hydrogen (secondary N) is 3. The number of hydrogen-bond donors (Lipinski definition) is 3. The number of para-hydroxylation sites is 1. The number of benzene rings is 2. The van der Waals surface area contributed by atoms with Gasteiger partial charge in [0.25, 0.3) is 0 Å². The first-order chi connectivity index (χ1) is 19.1. The maximum absolute atomic E-state index is 6.51. The molecule has 0 spiro atoms. The average Bonchev–Trinajstić information content (AvgIpc) is 3.47. The van der Waals surface area contributed by atoms with E-state index in [1.165, 1.54) is 31.2 Å². The summed E-state index contributed by atoms with van der Waals surface area (Å²) in [5.41, 5.74) is 2.91. The molecule has 5 rings (SSSR count). The van der Waals surface area contributed by atoms with E-state index < -0.39 is 0 Å². The monoisotopic (exact) mass is 550 g/mol. The van der Waals surface area contributed by atoms with Crippen LogP contribution in [0.2, 0.25) is 5.02 Å². The predicted octanol–water partition coefficient (Wildman–Crippen LogP) is 6.52. The molecule has 9 heteroatoms. The number of aromatic nitrogens is 2. The van der Waals surface area contributed by atoms with Gasteiger partial charge in [-0.1, -0.05) is 42.6 Å². The SMILES string of the molecule is CCOc1cc(OC2CCN(C)CC2)ccc1Nc1ncc(Cl)c(Nc2ccccc2CNC2CCCC2)n1. The molecule has 39 heavy (non-hydrogen) atoms. The minimum atomic E-state index is 0.221. The number of ether oxygens (including phenoxy) is 2. The van der Waals surface area contributed by atoms with E-state index in [0.29, 0.717) is 35.2 Å². The molecule has 2 aromatic carbocycles. The molecule has 1 aliphatic heterocycles. The van der Waals surface area contributed by atoms with E-state index in [-0.39, 0.29) is 6.10 Å². The molecule has 8 nitrogen and oxygen atoms in total. The van der Waals surface area contributed by atoms with Crippen molar-refractivity contribution < 1.29 is 9.47 Å². The highest BCUT2D eigenvalue weighted by Gasteiger charge is 2.19. The summed E-state index contributed by atoms with van der Waals surface area (Å²) in [5.74, 6) is 2.47. The molecule has 1 aromatic heterocycles. The van der Waals surface area contributed by atoms with Crippen molar-refractivity contribution in [1.82, 2.24) is 20.2 Å². The van der Waals surface area contributed by atoms with Crippen LogP contribution < -0.4 is 25.4 Å². The largest absolute Gasteiger partial charge is 0.492 e. The Hall–Kier alpha value is -3.07. The number of rotatable bonds is 11.